The van der Waals surface area contributed by atoms with Crippen molar-refractivity contribution >= 4 is 23.0 Å². The molecule has 2 aromatic rings. The summed E-state index contributed by atoms with van der Waals surface area (Å²) in [6.07, 6.45) is 0. The summed E-state index contributed by atoms with van der Waals surface area (Å²) in [6.45, 7) is 1.64. The molecular weight excluding hydrogens is 242 g/mol. The van der Waals surface area contributed by atoms with Crippen molar-refractivity contribution in [3.63, 3.8) is 0 Å². The number of aryl methyl sites for hydroxylation is 1. The minimum absolute atomic E-state index is 0.298. The van der Waals surface area contributed by atoms with E-state index in [0.29, 0.717) is 22.1 Å². The number of rotatable bonds is 2. The Labute approximate surface area is 101 Å². The van der Waals surface area contributed by atoms with Gasteiger partial charge in [0.05, 0.1) is 0 Å². The number of aromatic amines is 2. The fraction of sp³-hybridized carbons (Fsp3) is 0.0909. The number of nitrogens with one attached hydrogen (secondary N) is 3. The summed E-state index contributed by atoms with van der Waals surface area (Å²) in [6, 6.07) is 6.96. The summed E-state index contributed by atoms with van der Waals surface area (Å²) in [5, 5.41) is 3.47. The Hall–Kier alpha value is -2.01. The average Bonchev–Trinajstić information content (AvgIpc) is 2.23. The van der Waals surface area contributed by atoms with Gasteiger partial charge >= 0.3 is 5.69 Å². The molecule has 0 radical (unpaired) electrons. The van der Waals surface area contributed by atoms with Crippen LogP contribution in [0.1, 0.15) is 5.69 Å². The molecule has 17 heavy (non-hydrogen) atoms. The number of hydrogen-bond acceptors (Lipinski definition) is 3. The van der Waals surface area contributed by atoms with Crippen LogP contribution in [0.5, 0.6) is 0 Å². The van der Waals surface area contributed by atoms with E-state index in [2.05, 4.69) is 15.3 Å². The third kappa shape index (κ3) is 2.57. The Morgan fingerprint density at radius 1 is 1.24 bits per heavy atom. The molecule has 1 aromatic heterocycles. The second-order valence-electron chi connectivity index (χ2n) is 3.54. The summed E-state index contributed by atoms with van der Waals surface area (Å²) < 4.78 is 0. The maximum absolute atomic E-state index is 11.6. The lowest BCUT2D eigenvalue weighted by Gasteiger charge is -2.07. The van der Waals surface area contributed by atoms with Gasteiger partial charge in [0.2, 0.25) is 0 Å². The molecule has 0 bridgehead atoms. The van der Waals surface area contributed by atoms with Gasteiger partial charge in [-0.2, -0.15) is 0 Å². The highest BCUT2D eigenvalue weighted by Gasteiger charge is 2.05. The molecule has 2 rings (SSSR count). The van der Waals surface area contributed by atoms with Crippen LogP contribution < -0.4 is 16.6 Å². The molecule has 88 valence electrons. The molecule has 0 amide bonds. The molecule has 0 saturated carbocycles. The van der Waals surface area contributed by atoms with Crippen molar-refractivity contribution < 1.29 is 0 Å². The molecular formula is C11H10ClN3O2. The molecule has 0 spiro atoms. The van der Waals surface area contributed by atoms with E-state index in [-0.39, 0.29) is 0 Å². The molecule has 1 aromatic carbocycles. The highest BCUT2D eigenvalue weighted by molar-refractivity contribution is 6.30. The largest absolute Gasteiger partial charge is 0.350 e. The van der Waals surface area contributed by atoms with Crippen molar-refractivity contribution in [2.75, 3.05) is 5.32 Å². The number of anilines is 2. The second kappa shape index (κ2) is 4.47. The van der Waals surface area contributed by atoms with Gasteiger partial charge in [0.1, 0.15) is 5.69 Å². The molecule has 6 heteroatoms. The first-order valence-corrected chi connectivity index (χ1v) is 5.30. The normalized spacial score (nSPS) is 10.2. The topological polar surface area (TPSA) is 77.8 Å². The van der Waals surface area contributed by atoms with E-state index in [1.807, 2.05) is 0 Å². The van der Waals surface area contributed by atoms with Crippen molar-refractivity contribution in [3.05, 3.63) is 55.8 Å². The van der Waals surface area contributed by atoms with Crippen LogP contribution in [0.15, 0.2) is 33.9 Å². The number of H-pyrrole nitrogens is 2. The van der Waals surface area contributed by atoms with Crippen molar-refractivity contribution in [2.45, 2.75) is 6.92 Å². The van der Waals surface area contributed by atoms with Gasteiger partial charge in [-0.05, 0) is 25.1 Å². The Bertz CT molecular complexity index is 660. The summed E-state index contributed by atoms with van der Waals surface area (Å²) >= 11 is 5.83. The molecule has 1 heterocycles. The first-order chi connectivity index (χ1) is 8.06. The summed E-state index contributed by atoms with van der Waals surface area (Å²) in [5.41, 5.74) is 0.458. The Morgan fingerprint density at radius 3 is 2.65 bits per heavy atom. The van der Waals surface area contributed by atoms with Gasteiger partial charge in [-0.3, -0.25) is 9.78 Å². The molecule has 0 fully saturated rings. The number of hydrogen-bond donors (Lipinski definition) is 3. The number of halogens is 1. The predicted molar refractivity (Wildman–Crippen MR) is 67.2 cm³/mol. The quantitative estimate of drug-likeness (QED) is 0.761. The maximum atomic E-state index is 11.6. The lowest BCUT2D eigenvalue weighted by Crippen LogP contribution is -2.25. The lowest BCUT2D eigenvalue weighted by molar-refractivity contribution is 0.998. The van der Waals surface area contributed by atoms with Crippen molar-refractivity contribution in [2.24, 2.45) is 0 Å². The second-order valence-corrected chi connectivity index (χ2v) is 3.98. The van der Waals surface area contributed by atoms with Gasteiger partial charge in [0.15, 0.2) is 0 Å². The summed E-state index contributed by atoms with van der Waals surface area (Å²) in [7, 11) is 0. The van der Waals surface area contributed by atoms with E-state index < -0.39 is 11.2 Å². The molecule has 0 aliphatic heterocycles. The van der Waals surface area contributed by atoms with E-state index in [9.17, 15) is 9.59 Å². The Morgan fingerprint density at radius 2 is 2.00 bits per heavy atom. The van der Waals surface area contributed by atoms with Crippen LogP contribution >= 0.6 is 11.6 Å². The van der Waals surface area contributed by atoms with Gasteiger partial charge in [-0.25, -0.2) is 4.79 Å². The van der Waals surface area contributed by atoms with Gasteiger partial charge < -0.3 is 10.3 Å². The van der Waals surface area contributed by atoms with Crippen molar-refractivity contribution in [1.82, 2.24) is 9.97 Å². The predicted octanol–water partition coefficient (Wildman–Crippen LogP) is 1.77. The summed E-state index contributed by atoms with van der Waals surface area (Å²) in [5.74, 6) is 0. The monoisotopic (exact) mass is 251 g/mol. The van der Waals surface area contributed by atoms with E-state index in [1.54, 1.807) is 31.2 Å². The smallest absolute Gasteiger partial charge is 0.326 e. The molecule has 0 atom stereocenters. The minimum atomic E-state index is -0.524. The van der Waals surface area contributed by atoms with Crippen molar-refractivity contribution in [1.29, 1.82) is 0 Å². The van der Waals surface area contributed by atoms with Gasteiger partial charge in [0.25, 0.3) is 5.56 Å². The van der Waals surface area contributed by atoms with E-state index >= 15 is 0 Å². The molecule has 0 saturated heterocycles. The maximum Gasteiger partial charge on any atom is 0.326 e. The van der Waals surface area contributed by atoms with Crippen LogP contribution in [0.4, 0.5) is 11.4 Å². The lowest BCUT2D eigenvalue weighted by atomic mass is 10.3. The molecule has 3 N–H and O–H groups in total. The van der Waals surface area contributed by atoms with Gasteiger partial charge in [0, 0.05) is 16.4 Å². The highest BCUT2D eigenvalue weighted by Crippen LogP contribution is 2.18. The van der Waals surface area contributed by atoms with E-state index in [1.165, 1.54) is 0 Å². The van der Waals surface area contributed by atoms with Crippen LogP contribution in [-0.4, -0.2) is 9.97 Å². The highest BCUT2D eigenvalue weighted by atomic mass is 35.5. The average molecular weight is 252 g/mol. The third-order valence-electron chi connectivity index (χ3n) is 2.22. The molecule has 0 aliphatic rings. The Balaban J connectivity index is 2.43. The fourth-order valence-corrected chi connectivity index (χ4v) is 1.65. The number of benzene rings is 1. The Kier molecular flexibility index (Phi) is 3.01. The number of aromatic nitrogens is 2. The van der Waals surface area contributed by atoms with Gasteiger partial charge in [-0.1, -0.05) is 17.7 Å². The summed E-state index contributed by atoms with van der Waals surface area (Å²) in [4.78, 5) is 27.2. The standard InChI is InChI=1S/C11H10ClN3O2/c1-6-9(10(16)15-11(17)13-6)14-8-4-2-3-7(12)5-8/h2-5,14H,1H3,(H2,13,15,16,17). The molecule has 0 aliphatic carbocycles. The van der Waals surface area contributed by atoms with Gasteiger partial charge in [-0.15, -0.1) is 0 Å². The zero-order valence-electron chi connectivity index (χ0n) is 9.00. The van der Waals surface area contributed by atoms with E-state index in [0.717, 1.165) is 0 Å². The van der Waals surface area contributed by atoms with Crippen LogP contribution in [0.25, 0.3) is 0 Å². The van der Waals surface area contributed by atoms with E-state index in [4.69, 9.17) is 11.6 Å². The first kappa shape index (κ1) is 11.5. The molecule has 0 unspecified atom stereocenters. The molecule has 5 nitrogen and oxygen atoms in total. The van der Waals surface area contributed by atoms with Crippen LogP contribution in [0, 0.1) is 6.92 Å². The first-order valence-electron chi connectivity index (χ1n) is 4.92. The zero-order chi connectivity index (χ0) is 12.4. The van der Waals surface area contributed by atoms with Crippen LogP contribution in [0.2, 0.25) is 5.02 Å². The van der Waals surface area contributed by atoms with Crippen LogP contribution in [-0.2, 0) is 0 Å². The van der Waals surface area contributed by atoms with Crippen LogP contribution in [0.3, 0.4) is 0 Å². The zero-order valence-corrected chi connectivity index (χ0v) is 9.76. The SMILES string of the molecule is Cc1[nH]c(=O)[nH]c(=O)c1Nc1cccc(Cl)c1. The minimum Gasteiger partial charge on any atom is -0.350 e. The third-order valence-corrected chi connectivity index (χ3v) is 2.46. The van der Waals surface area contributed by atoms with Crippen molar-refractivity contribution in [3.8, 4) is 0 Å². The fourth-order valence-electron chi connectivity index (χ4n) is 1.46.